The van der Waals surface area contributed by atoms with Crippen molar-refractivity contribution in [2.45, 2.75) is 84.6 Å². The summed E-state index contributed by atoms with van der Waals surface area (Å²) in [5, 5.41) is 3.84. The van der Waals surface area contributed by atoms with Gasteiger partial charge in [-0.05, 0) is 0 Å². The van der Waals surface area contributed by atoms with Crippen LogP contribution in [0, 0.1) is 0 Å². The predicted octanol–water partition coefficient (Wildman–Crippen LogP) is 7.03. The van der Waals surface area contributed by atoms with Crippen molar-refractivity contribution in [1.29, 1.82) is 0 Å². The van der Waals surface area contributed by atoms with Crippen molar-refractivity contribution in [1.82, 2.24) is 0 Å². The van der Waals surface area contributed by atoms with Crippen LogP contribution in [0.3, 0.4) is 0 Å². The quantitative estimate of drug-likeness (QED) is 0.421. The van der Waals surface area contributed by atoms with E-state index in [0.29, 0.717) is 17.8 Å². The Kier molecular flexibility index (Phi) is 6.33. The first kappa shape index (κ1) is 22.1. The summed E-state index contributed by atoms with van der Waals surface area (Å²) in [5.74, 6) is 1.38. The van der Waals surface area contributed by atoms with Crippen LogP contribution in [0.1, 0.15) is 95.4 Å². The van der Waals surface area contributed by atoms with Gasteiger partial charge in [0.2, 0.25) is 0 Å². The van der Waals surface area contributed by atoms with Crippen LogP contribution in [0.25, 0.3) is 0 Å². The van der Waals surface area contributed by atoms with Gasteiger partial charge in [-0.25, -0.2) is 0 Å². The molecule has 0 amide bonds. The first-order valence-corrected chi connectivity index (χ1v) is 11.5. The Morgan fingerprint density at radius 1 is 0.862 bits per heavy atom. The molecule has 1 heterocycles. The summed E-state index contributed by atoms with van der Waals surface area (Å²) in [6.07, 6.45) is 0. The minimum atomic E-state index is -0.0222. The van der Waals surface area contributed by atoms with Crippen LogP contribution in [0.5, 0.6) is 0 Å². The second-order valence-electron chi connectivity index (χ2n) is 9.85. The van der Waals surface area contributed by atoms with E-state index >= 15 is 0 Å². The van der Waals surface area contributed by atoms with Gasteiger partial charge in [-0.1, -0.05) is 0 Å². The van der Waals surface area contributed by atoms with E-state index in [4.69, 9.17) is 4.99 Å². The van der Waals surface area contributed by atoms with E-state index in [9.17, 15) is 0 Å². The molecule has 1 unspecified atom stereocenters. The average Bonchev–Trinajstić information content (AvgIpc) is 2.92. The van der Waals surface area contributed by atoms with E-state index in [2.05, 4.69) is 113 Å². The number of fused-ring (bicyclic) bond motifs is 1. The fourth-order valence-corrected chi connectivity index (χ4v) is 5.14. The second kappa shape index (κ2) is 8.29. The third-order valence-corrected chi connectivity index (χ3v) is 6.76. The Labute approximate surface area is 185 Å². The Bertz CT molecular complexity index is 896. The monoisotopic (exact) mass is 402 g/mol. The van der Waals surface area contributed by atoms with E-state index in [1.807, 2.05) is 0 Å². The molecule has 2 aromatic carbocycles. The second-order valence-corrected chi connectivity index (χ2v) is 10.4. The fraction of sp³-hybridized carbons (Fsp3) is 0.500. The normalized spacial score (nSPS) is 18.5. The first-order valence-electron chi connectivity index (χ1n) is 10.9. The van der Waals surface area contributed by atoms with Gasteiger partial charge in [0, 0.05) is 0 Å². The Hall–Kier alpha value is -1.56. The minimum absolute atomic E-state index is 0.0222. The number of nitrogens with zero attached hydrogens (tertiary/aromatic N) is 1. The number of nitrogens with one attached hydrogen (secondary N) is 1. The summed E-state index contributed by atoms with van der Waals surface area (Å²) < 4.78 is 1.08. The van der Waals surface area contributed by atoms with E-state index in [1.54, 1.807) is 0 Å². The maximum absolute atomic E-state index is 5.25. The zero-order chi connectivity index (χ0) is 21.5. The SMILES string of the molecule is CC(C)c1cccc(C(C)C)c1N=[C]([Al+2])C1Nc2c(C(C)C)cccc2C1(C)C. The molecule has 0 fully saturated rings. The molecule has 0 radical (unpaired) electrons. The predicted molar refractivity (Wildman–Crippen MR) is 128 cm³/mol. The van der Waals surface area contributed by atoms with E-state index < -0.39 is 0 Å². The molecule has 0 aliphatic carbocycles. The van der Waals surface area contributed by atoms with Crippen LogP contribution in [0.15, 0.2) is 41.4 Å². The Morgan fingerprint density at radius 3 is 1.86 bits per heavy atom. The molecular formula is C26H35AlN2+2. The topological polar surface area (TPSA) is 24.4 Å². The van der Waals surface area contributed by atoms with Crippen molar-refractivity contribution in [2.24, 2.45) is 4.99 Å². The molecule has 1 N–H and O–H groups in total. The molecule has 3 rings (SSSR count). The Morgan fingerprint density at radius 2 is 1.34 bits per heavy atom. The number of hydrogen-bond donors (Lipinski definition) is 1. The average molecular weight is 403 g/mol. The van der Waals surface area contributed by atoms with Gasteiger partial charge in [0.25, 0.3) is 0 Å². The number of anilines is 1. The maximum atomic E-state index is 5.25. The molecule has 0 saturated carbocycles. The van der Waals surface area contributed by atoms with Crippen molar-refractivity contribution in [3.05, 3.63) is 58.7 Å². The molecule has 29 heavy (non-hydrogen) atoms. The zero-order valence-corrected chi connectivity index (χ0v) is 20.5. The van der Waals surface area contributed by atoms with Gasteiger partial charge in [0.1, 0.15) is 0 Å². The summed E-state index contributed by atoms with van der Waals surface area (Å²) in [6.45, 7) is 18.2. The number of para-hydroxylation sites is 2. The fourth-order valence-electron chi connectivity index (χ4n) is 4.51. The molecule has 0 saturated heterocycles. The van der Waals surface area contributed by atoms with Gasteiger partial charge in [-0.15, -0.1) is 0 Å². The molecule has 1 atom stereocenters. The van der Waals surface area contributed by atoms with Gasteiger partial charge >= 0.3 is 186 Å². The first-order chi connectivity index (χ1) is 13.6. The summed E-state index contributed by atoms with van der Waals surface area (Å²) >= 11 is 2.95. The molecule has 1 aliphatic heterocycles. The summed E-state index contributed by atoms with van der Waals surface area (Å²) in [7, 11) is 0. The number of rotatable bonds is 5. The number of hydrogen-bond acceptors (Lipinski definition) is 2. The van der Waals surface area contributed by atoms with E-state index in [1.165, 1.54) is 27.9 Å². The molecule has 2 aromatic rings. The van der Waals surface area contributed by atoms with Crippen molar-refractivity contribution >= 4 is 32.2 Å². The van der Waals surface area contributed by atoms with Gasteiger partial charge in [0.05, 0.1) is 0 Å². The zero-order valence-electron chi connectivity index (χ0n) is 19.3. The van der Waals surface area contributed by atoms with Crippen molar-refractivity contribution in [3.63, 3.8) is 0 Å². The molecule has 0 aromatic heterocycles. The third kappa shape index (κ3) is 4.05. The standard InChI is InChI=1S/C26H35N2.Al/c1-16(2)19-11-9-12-20(17(3)4)24(19)27-15-23-26(7,8)22-14-10-13-21(18(5)6)25(22)28-23;/h9-14,16-18,23,28H,1-8H3;/q;+2. The molecular weight excluding hydrogens is 367 g/mol. The summed E-state index contributed by atoms with van der Waals surface area (Å²) in [4.78, 5) is 5.25. The van der Waals surface area contributed by atoms with Crippen LogP contribution in [0.2, 0.25) is 0 Å². The molecule has 0 spiro atoms. The van der Waals surface area contributed by atoms with E-state index in [-0.39, 0.29) is 11.5 Å². The van der Waals surface area contributed by atoms with Gasteiger partial charge in [-0.3, -0.25) is 0 Å². The van der Waals surface area contributed by atoms with Crippen molar-refractivity contribution in [3.8, 4) is 0 Å². The van der Waals surface area contributed by atoms with Crippen LogP contribution in [-0.2, 0) is 5.41 Å². The molecule has 150 valence electrons. The molecule has 1 aliphatic rings. The van der Waals surface area contributed by atoms with Crippen LogP contribution in [-0.4, -0.2) is 26.9 Å². The molecule has 0 bridgehead atoms. The van der Waals surface area contributed by atoms with Gasteiger partial charge in [-0.2, -0.15) is 0 Å². The molecule has 2 nitrogen and oxygen atoms in total. The molecule has 3 heteroatoms. The number of benzene rings is 2. The van der Waals surface area contributed by atoms with Crippen molar-refractivity contribution in [2.75, 3.05) is 5.32 Å². The third-order valence-electron chi connectivity index (χ3n) is 6.30. The van der Waals surface area contributed by atoms with Crippen molar-refractivity contribution < 1.29 is 0 Å². The van der Waals surface area contributed by atoms with Crippen LogP contribution in [0.4, 0.5) is 11.4 Å². The summed E-state index contributed by atoms with van der Waals surface area (Å²) in [5.41, 5.74) is 7.87. The van der Waals surface area contributed by atoms with Gasteiger partial charge < -0.3 is 0 Å². The Balaban J connectivity index is 2.10. The number of aliphatic imine (C=N–C) groups is 1. The van der Waals surface area contributed by atoms with Crippen LogP contribution >= 0.6 is 0 Å². The van der Waals surface area contributed by atoms with Crippen LogP contribution < -0.4 is 5.32 Å². The summed E-state index contributed by atoms with van der Waals surface area (Å²) in [6, 6.07) is 13.5. The van der Waals surface area contributed by atoms with Gasteiger partial charge in [0.15, 0.2) is 0 Å². The van der Waals surface area contributed by atoms with E-state index in [0.717, 1.165) is 10.3 Å².